The molecule has 0 spiro atoms. The summed E-state index contributed by atoms with van der Waals surface area (Å²) < 4.78 is 0. The molecule has 2 unspecified atom stereocenters. The van der Waals surface area contributed by atoms with E-state index in [1.807, 2.05) is 6.07 Å². The van der Waals surface area contributed by atoms with E-state index in [-0.39, 0.29) is 23.7 Å². The van der Waals surface area contributed by atoms with Gasteiger partial charge in [-0.25, -0.2) is 4.90 Å². The Morgan fingerprint density at radius 2 is 1.74 bits per heavy atom. The van der Waals surface area contributed by atoms with Crippen molar-refractivity contribution in [3.63, 3.8) is 0 Å². The molecule has 2 aliphatic rings. The summed E-state index contributed by atoms with van der Waals surface area (Å²) >= 11 is 0. The number of imide groups is 1. The predicted molar refractivity (Wildman–Crippen MR) is 69.0 cm³/mol. The summed E-state index contributed by atoms with van der Waals surface area (Å²) in [5.41, 5.74) is 0.805. The van der Waals surface area contributed by atoms with Crippen LogP contribution in [0.3, 0.4) is 0 Å². The normalized spacial score (nSPS) is 29.5. The maximum atomic E-state index is 12.4. The minimum atomic E-state index is -0.186. The first-order valence-corrected chi connectivity index (χ1v) is 6.50. The summed E-state index contributed by atoms with van der Waals surface area (Å²) in [5, 5.41) is 9.10. The summed E-state index contributed by atoms with van der Waals surface area (Å²) in [6, 6.07) is 8.81. The topological polar surface area (TPSA) is 61.2 Å². The lowest BCUT2D eigenvalue weighted by atomic mass is 10.00. The van der Waals surface area contributed by atoms with Gasteiger partial charge in [0, 0.05) is 0 Å². The fraction of sp³-hybridized carbons (Fsp3) is 0.400. The molecule has 96 valence electrons. The third kappa shape index (κ3) is 1.66. The van der Waals surface area contributed by atoms with Gasteiger partial charge in [-0.05, 0) is 30.9 Å². The number of nitriles is 1. The quantitative estimate of drug-likeness (QED) is 0.721. The second-order valence-corrected chi connectivity index (χ2v) is 5.43. The molecule has 2 atom stereocenters. The van der Waals surface area contributed by atoms with Gasteiger partial charge < -0.3 is 0 Å². The number of hydrogen-bond acceptors (Lipinski definition) is 3. The van der Waals surface area contributed by atoms with E-state index in [9.17, 15) is 9.59 Å². The van der Waals surface area contributed by atoms with Crippen molar-refractivity contribution in [3.05, 3.63) is 29.8 Å². The number of amides is 2. The van der Waals surface area contributed by atoms with Crippen LogP contribution >= 0.6 is 0 Å². The average Bonchev–Trinajstić information content (AvgIpc) is 2.89. The number of para-hydroxylation sites is 1. The van der Waals surface area contributed by atoms with Crippen LogP contribution in [0.2, 0.25) is 0 Å². The largest absolute Gasteiger partial charge is 0.274 e. The number of benzene rings is 1. The van der Waals surface area contributed by atoms with Crippen molar-refractivity contribution in [2.45, 2.75) is 19.8 Å². The molecule has 1 saturated carbocycles. The number of carbonyl (C=O) groups excluding carboxylic acids is 2. The number of rotatable bonds is 1. The molecule has 1 aliphatic carbocycles. The van der Waals surface area contributed by atoms with Crippen molar-refractivity contribution in [3.8, 4) is 6.07 Å². The van der Waals surface area contributed by atoms with Crippen LogP contribution in [-0.4, -0.2) is 11.8 Å². The SMILES string of the molecule is CC1CC2C(=O)N(c3ccccc3C#N)C(=O)C2C1. The van der Waals surface area contributed by atoms with Gasteiger partial charge >= 0.3 is 0 Å². The summed E-state index contributed by atoms with van der Waals surface area (Å²) in [7, 11) is 0. The van der Waals surface area contributed by atoms with Gasteiger partial charge in [-0.2, -0.15) is 5.26 Å². The number of fused-ring (bicyclic) bond motifs is 1. The van der Waals surface area contributed by atoms with Crippen molar-refractivity contribution >= 4 is 17.5 Å². The first-order chi connectivity index (χ1) is 9.13. The Bertz CT molecular complexity index is 578. The Kier molecular flexibility index (Phi) is 2.63. The Morgan fingerprint density at radius 1 is 1.16 bits per heavy atom. The number of carbonyl (C=O) groups is 2. The summed E-state index contributed by atoms with van der Waals surface area (Å²) in [5.74, 6) is -0.219. The predicted octanol–water partition coefficient (Wildman–Crippen LogP) is 2.09. The zero-order valence-electron chi connectivity index (χ0n) is 10.7. The molecule has 0 N–H and O–H groups in total. The molecule has 19 heavy (non-hydrogen) atoms. The zero-order valence-corrected chi connectivity index (χ0v) is 10.7. The van der Waals surface area contributed by atoms with Crippen LogP contribution in [0.1, 0.15) is 25.3 Å². The molecular weight excluding hydrogens is 240 g/mol. The molecule has 2 amide bonds. The minimum Gasteiger partial charge on any atom is -0.274 e. The molecule has 1 aliphatic heterocycles. The van der Waals surface area contributed by atoms with Gasteiger partial charge in [-0.3, -0.25) is 9.59 Å². The van der Waals surface area contributed by atoms with Crippen LogP contribution < -0.4 is 4.90 Å². The highest BCUT2D eigenvalue weighted by molar-refractivity contribution is 6.22. The summed E-state index contributed by atoms with van der Waals surface area (Å²) in [6.45, 7) is 2.08. The fourth-order valence-corrected chi connectivity index (χ4v) is 3.28. The highest BCUT2D eigenvalue weighted by Gasteiger charge is 2.52. The first-order valence-electron chi connectivity index (χ1n) is 6.50. The molecule has 0 aromatic heterocycles. The number of anilines is 1. The van der Waals surface area contributed by atoms with Crippen molar-refractivity contribution < 1.29 is 9.59 Å². The molecule has 1 saturated heterocycles. The molecule has 1 heterocycles. The lowest BCUT2D eigenvalue weighted by molar-refractivity contribution is -0.123. The van der Waals surface area contributed by atoms with Gasteiger partial charge in [0.15, 0.2) is 0 Å². The van der Waals surface area contributed by atoms with E-state index in [1.165, 1.54) is 4.90 Å². The fourth-order valence-electron chi connectivity index (χ4n) is 3.28. The van der Waals surface area contributed by atoms with Crippen LogP contribution in [0.4, 0.5) is 5.69 Å². The van der Waals surface area contributed by atoms with Crippen molar-refractivity contribution in [1.29, 1.82) is 5.26 Å². The maximum Gasteiger partial charge on any atom is 0.237 e. The van der Waals surface area contributed by atoms with E-state index in [1.54, 1.807) is 24.3 Å². The summed E-state index contributed by atoms with van der Waals surface area (Å²) in [4.78, 5) is 26.0. The molecule has 1 aromatic rings. The van der Waals surface area contributed by atoms with Crippen LogP contribution in [0, 0.1) is 29.1 Å². The van der Waals surface area contributed by atoms with Crippen molar-refractivity contribution in [1.82, 2.24) is 0 Å². The van der Waals surface area contributed by atoms with Gasteiger partial charge in [0.05, 0.1) is 23.1 Å². The van der Waals surface area contributed by atoms with E-state index in [2.05, 4.69) is 6.92 Å². The van der Waals surface area contributed by atoms with Crippen LogP contribution in [0.5, 0.6) is 0 Å². The Hall–Kier alpha value is -2.15. The minimum absolute atomic E-state index is 0.137. The first kappa shape index (κ1) is 11.9. The monoisotopic (exact) mass is 254 g/mol. The van der Waals surface area contributed by atoms with Gasteiger partial charge in [0.1, 0.15) is 6.07 Å². The lowest BCUT2D eigenvalue weighted by Crippen LogP contribution is -2.32. The highest BCUT2D eigenvalue weighted by Crippen LogP contribution is 2.44. The number of hydrogen-bond donors (Lipinski definition) is 0. The molecular formula is C15H14N2O2. The second kappa shape index (κ2) is 4.20. The molecule has 4 nitrogen and oxygen atoms in total. The third-order valence-electron chi connectivity index (χ3n) is 4.14. The molecule has 3 rings (SSSR count). The van der Waals surface area contributed by atoms with Crippen LogP contribution in [-0.2, 0) is 9.59 Å². The smallest absolute Gasteiger partial charge is 0.237 e. The van der Waals surface area contributed by atoms with E-state index in [0.717, 1.165) is 12.8 Å². The van der Waals surface area contributed by atoms with Crippen LogP contribution in [0.25, 0.3) is 0 Å². The molecule has 0 bridgehead atoms. The van der Waals surface area contributed by atoms with E-state index in [0.29, 0.717) is 17.2 Å². The molecule has 0 radical (unpaired) electrons. The van der Waals surface area contributed by atoms with Crippen molar-refractivity contribution in [2.75, 3.05) is 4.90 Å². The van der Waals surface area contributed by atoms with Gasteiger partial charge in [0.2, 0.25) is 11.8 Å². The molecule has 4 heteroatoms. The van der Waals surface area contributed by atoms with Crippen molar-refractivity contribution in [2.24, 2.45) is 17.8 Å². The van der Waals surface area contributed by atoms with Gasteiger partial charge in [-0.15, -0.1) is 0 Å². The van der Waals surface area contributed by atoms with Gasteiger partial charge in [0.25, 0.3) is 0 Å². The Labute approximate surface area is 111 Å². The maximum absolute atomic E-state index is 12.4. The van der Waals surface area contributed by atoms with E-state index >= 15 is 0 Å². The Morgan fingerprint density at radius 3 is 2.32 bits per heavy atom. The number of nitrogens with zero attached hydrogens (tertiary/aromatic N) is 2. The standard InChI is InChI=1S/C15H14N2O2/c1-9-6-11-12(7-9)15(19)17(14(11)18)13-5-3-2-4-10(13)8-16/h2-5,9,11-12H,6-7H2,1H3. The Balaban J connectivity index is 2.02. The zero-order chi connectivity index (χ0) is 13.6. The second-order valence-electron chi connectivity index (χ2n) is 5.43. The highest BCUT2D eigenvalue weighted by atomic mass is 16.2. The lowest BCUT2D eigenvalue weighted by Gasteiger charge is -2.17. The van der Waals surface area contributed by atoms with Gasteiger partial charge in [-0.1, -0.05) is 19.1 Å². The molecule has 2 fully saturated rings. The van der Waals surface area contributed by atoms with Crippen LogP contribution in [0.15, 0.2) is 24.3 Å². The van der Waals surface area contributed by atoms with E-state index in [4.69, 9.17) is 5.26 Å². The molecule has 1 aromatic carbocycles. The van der Waals surface area contributed by atoms with E-state index < -0.39 is 0 Å². The average molecular weight is 254 g/mol. The summed E-state index contributed by atoms with van der Waals surface area (Å²) in [6.07, 6.45) is 1.56. The third-order valence-corrected chi connectivity index (χ3v) is 4.14.